The fraction of sp³-hybridized carbons (Fsp3) is 0.400. The van der Waals surface area contributed by atoms with E-state index in [9.17, 15) is 9.59 Å². The molecular weight excluding hydrogens is 270 g/mol. The van der Waals surface area contributed by atoms with Gasteiger partial charge in [0.15, 0.2) is 0 Å². The number of amides is 1. The maximum atomic E-state index is 12.4. The Kier molecular flexibility index (Phi) is 4.26. The zero-order valence-corrected chi connectivity index (χ0v) is 12.4. The van der Waals surface area contributed by atoms with Crippen LogP contribution in [-0.2, 0) is 11.2 Å². The number of rotatable bonds is 5. The topological polar surface area (TPSA) is 83.7 Å². The van der Waals surface area contributed by atoms with E-state index in [4.69, 9.17) is 5.11 Å². The smallest absolute Gasteiger partial charge is 0.326 e. The molecule has 0 aliphatic carbocycles. The second kappa shape index (κ2) is 5.95. The van der Waals surface area contributed by atoms with Crippen LogP contribution in [0.15, 0.2) is 18.3 Å². The monoisotopic (exact) mass is 289 g/mol. The van der Waals surface area contributed by atoms with Crippen LogP contribution in [0.25, 0.3) is 5.65 Å². The zero-order chi connectivity index (χ0) is 15.6. The number of fused-ring (bicyclic) bond motifs is 1. The van der Waals surface area contributed by atoms with Gasteiger partial charge in [0.05, 0.1) is 5.69 Å². The van der Waals surface area contributed by atoms with Crippen LogP contribution in [0.1, 0.15) is 42.0 Å². The summed E-state index contributed by atoms with van der Waals surface area (Å²) in [5, 5.41) is 11.6. The summed E-state index contributed by atoms with van der Waals surface area (Å²) in [6.45, 7) is 5.59. The molecule has 1 atom stereocenters. The fourth-order valence-corrected chi connectivity index (χ4v) is 2.25. The molecule has 0 aromatic carbocycles. The van der Waals surface area contributed by atoms with Gasteiger partial charge in [0.2, 0.25) is 0 Å². The molecule has 0 bridgehead atoms. The lowest BCUT2D eigenvalue weighted by atomic mass is 10.2. The lowest BCUT2D eigenvalue weighted by Crippen LogP contribution is -2.41. The third-order valence-corrected chi connectivity index (χ3v) is 3.42. The Morgan fingerprint density at radius 3 is 2.71 bits per heavy atom. The van der Waals surface area contributed by atoms with E-state index >= 15 is 0 Å². The minimum atomic E-state index is -1.03. The van der Waals surface area contributed by atoms with Gasteiger partial charge in [0, 0.05) is 6.20 Å². The molecule has 0 radical (unpaired) electrons. The van der Waals surface area contributed by atoms with Crippen molar-refractivity contribution in [3.05, 3.63) is 35.3 Å². The molecule has 2 heterocycles. The summed E-state index contributed by atoms with van der Waals surface area (Å²) in [7, 11) is 0. The van der Waals surface area contributed by atoms with Crippen LogP contribution in [0.5, 0.6) is 0 Å². The third kappa shape index (κ3) is 2.89. The molecule has 0 aliphatic rings. The summed E-state index contributed by atoms with van der Waals surface area (Å²) in [6.07, 6.45) is 2.72. The summed E-state index contributed by atoms with van der Waals surface area (Å²) >= 11 is 0. The minimum Gasteiger partial charge on any atom is -0.480 e. The van der Waals surface area contributed by atoms with Gasteiger partial charge in [-0.1, -0.05) is 13.8 Å². The van der Waals surface area contributed by atoms with E-state index in [1.165, 1.54) is 0 Å². The first-order chi connectivity index (χ1) is 9.97. The Bertz CT molecular complexity index is 691. The Labute approximate surface area is 122 Å². The molecule has 112 valence electrons. The first-order valence-corrected chi connectivity index (χ1v) is 6.99. The standard InChI is InChI=1S/C15H19N3O3/c1-4-10-13(14(19)17-11(5-2)15(20)21)18-7-6-9(3)8-12(18)16-10/h6-8,11H,4-5H2,1-3H3,(H,17,19)(H,20,21). The number of carbonyl (C=O) groups is 2. The number of carboxylic acids is 1. The number of hydrogen-bond acceptors (Lipinski definition) is 3. The fourth-order valence-electron chi connectivity index (χ4n) is 2.25. The van der Waals surface area contributed by atoms with Gasteiger partial charge >= 0.3 is 5.97 Å². The van der Waals surface area contributed by atoms with Gasteiger partial charge in [-0.2, -0.15) is 0 Å². The molecule has 0 aliphatic heterocycles. The van der Waals surface area contributed by atoms with Gasteiger partial charge in [-0.15, -0.1) is 0 Å². The van der Waals surface area contributed by atoms with E-state index in [0.29, 0.717) is 29.9 Å². The van der Waals surface area contributed by atoms with Gasteiger partial charge < -0.3 is 10.4 Å². The number of imidazole rings is 1. The van der Waals surface area contributed by atoms with Crippen LogP contribution < -0.4 is 5.32 Å². The van der Waals surface area contributed by atoms with Gasteiger partial charge in [-0.3, -0.25) is 9.20 Å². The van der Waals surface area contributed by atoms with E-state index in [2.05, 4.69) is 10.3 Å². The predicted octanol–water partition coefficient (Wildman–Crippen LogP) is 1.80. The highest BCUT2D eigenvalue weighted by atomic mass is 16.4. The molecule has 6 heteroatoms. The summed E-state index contributed by atoms with van der Waals surface area (Å²) in [5.41, 5.74) is 2.82. The van der Waals surface area contributed by atoms with Crippen molar-refractivity contribution in [3.63, 3.8) is 0 Å². The van der Waals surface area contributed by atoms with Crippen LogP contribution in [0, 0.1) is 6.92 Å². The average molecular weight is 289 g/mol. The Morgan fingerprint density at radius 2 is 2.14 bits per heavy atom. The lowest BCUT2D eigenvalue weighted by molar-refractivity contribution is -0.139. The highest BCUT2D eigenvalue weighted by Gasteiger charge is 2.23. The number of aromatic nitrogens is 2. The van der Waals surface area contributed by atoms with Crippen molar-refractivity contribution in [1.29, 1.82) is 0 Å². The van der Waals surface area contributed by atoms with Crippen molar-refractivity contribution in [3.8, 4) is 0 Å². The highest BCUT2D eigenvalue weighted by molar-refractivity contribution is 5.97. The largest absolute Gasteiger partial charge is 0.480 e. The van der Waals surface area contributed by atoms with Gasteiger partial charge in [-0.25, -0.2) is 9.78 Å². The first-order valence-electron chi connectivity index (χ1n) is 6.99. The highest BCUT2D eigenvalue weighted by Crippen LogP contribution is 2.15. The van der Waals surface area contributed by atoms with Crippen molar-refractivity contribution in [2.24, 2.45) is 0 Å². The number of carbonyl (C=O) groups excluding carboxylic acids is 1. The van der Waals surface area contributed by atoms with Crippen LogP contribution >= 0.6 is 0 Å². The van der Waals surface area contributed by atoms with E-state index in [0.717, 1.165) is 5.56 Å². The zero-order valence-electron chi connectivity index (χ0n) is 12.4. The second-order valence-corrected chi connectivity index (χ2v) is 4.97. The second-order valence-electron chi connectivity index (χ2n) is 4.97. The average Bonchev–Trinajstić information content (AvgIpc) is 2.81. The molecule has 1 amide bonds. The molecule has 2 aromatic heterocycles. The van der Waals surface area contributed by atoms with Crippen molar-refractivity contribution in [2.75, 3.05) is 0 Å². The van der Waals surface area contributed by atoms with Crippen molar-refractivity contribution >= 4 is 17.5 Å². The van der Waals surface area contributed by atoms with E-state index in [1.54, 1.807) is 17.5 Å². The minimum absolute atomic E-state index is 0.332. The maximum absolute atomic E-state index is 12.4. The first kappa shape index (κ1) is 15.0. The molecule has 2 aromatic rings. The van der Waals surface area contributed by atoms with Gasteiger partial charge in [0.25, 0.3) is 5.91 Å². The number of pyridine rings is 1. The number of aliphatic carboxylic acids is 1. The number of hydrogen-bond donors (Lipinski definition) is 2. The Hall–Kier alpha value is -2.37. The van der Waals surface area contributed by atoms with E-state index in [1.807, 2.05) is 26.0 Å². The van der Waals surface area contributed by atoms with Crippen molar-refractivity contribution in [2.45, 2.75) is 39.7 Å². The molecular formula is C15H19N3O3. The molecule has 0 fully saturated rings. The normalized spacial score (nSPS) is 12.3. The Morgan fingerprint density at radius 1 is 1.43 bits per heavy atom. The molecule has 0 saturated heterocycles. The van der Waals surface area contributed by atoms with Crippen molar-refractivity contribution < 1.29 is 14.7 Å². The summed E-state index contributed by atoms with van der Waals surface area (Å²) in [4.78, 5) is 27.9. The number of aryl methyl sites for hydroxylation is 2. The van der Waals surface area contributed by atoms with Crippen LogP contribution in [-0.4, -0.2) is 32.4 Å². The van der Waals surface area contributed by atoms with Gasteiger partial charge in [-0.05, 0) is 37.5 Å². The maximum Gasteiger partial charge on any atom is 0.326 e. The molecule has 21 heavy (non-hydrogen) atoms. The molecule has 1 unspecified atom stereocenters. The van der Waals surface area contributed by atoms with E-state index < -0.39 is 17.9 Å². The molecule has 0 spiro atoms. The van der Waals surface area contributed by atoms with E-state index in [-0.39, 0.29) is 0 Å². The quantitative estimate of drug-likeness (QED) is 0.879. The SMILES string of the molecule is CCc1nc2cc(C)ccn2c1C(=O)NC(CC)C(=O)O. The van der Waals surface area contributed by atoms with Crippen LogP contribution in [0.2, 0.25) is 0 Å². The van der Waals surface area contributed by atoms with Crippen molar-refractivity contribution in [1.82, 2.24) is 14.7 Å². The summed E-state index contributed by atoms with van der Waals surface area (Å²) < 4.78 is 1.70. The summed E-state index contributed by atoms with van der Waals surface area (Å²) in [6, 6.07) is 2.89. The van der Waals surface area contributed by atoms with Gasteiger partial charge in [0.1, 0.15) is 17.4 Å². The number of carboxylic acid groups (broad SMARTS) is 1. The number of nitrogens with zero attached hydrogens (tertiary/aromatic N) is 2. The lowest BCUT2D eigenvalue weighted by Gasteiger charge is -2.12. The molecule has 6 nitrogen and oxygen atoms in total. The van der Waals surface area contributed by atoms with Crippen LogP contribution in [0.3, 0.4) is 0 Å². The predicted molar refractivity (Wildman–Crippen MR) is 78.5 cm³/mol. The van der Waals surface area contributed by atoms with Crippen LogP contribution in [0.4, 0.5) is 0 Å². The molecule has 2 rings (SSSR count). The Balaban J connectivity index is 2.44. The third-order valence-electron chi connectivity index (χ3n) is 3.42. The number of nitrogens with one attached hydrogen (secondary N) is 1. The molecule has 2 N–H and O–H groups in total. The summed E-state index contributed by atoms with van der Waals surface area (Å²) in [5.74, 6) is -1.44. The molecule has 0 saturated carbocycles.